The summed E-state index contributed by atoms with van der Waals surface area (Å²) in [6, 6.07) is 16.4. The van der Waals surface area contributed by atoms with Crippen molar-refractivity contribution in [1.82, 2.24) is 0 Å². The largest absolute Gasteiger partial charge is 0.365 e. The van der Waals surface area contributed by atoms with Crippen molar-refractivity contribution in [3.63, 3.8) is 0 Å². The van der Waals surface area contributed by atoms with E-state index in [2.05, 4.69) is 5.32 Å². The zero-order chi connectivity index (χ0) is 15.2. The Kier molecular flexibility index (Phi) is 4.81. The van der Waals surface area contributed by atoms with E-state index in [0.717, 1.165) is 5.69 Å². The van der Waals surface area contributed by atoms with Gasteiger partial charge in [-0.1, -0.05) is 29.8 Å². The fourth-order valence-electron chi connectivity index (χ4n) is 1.87. The first-order valence-corrected chi connectivity index (χ1v) is 6.73. The summed E-state index contributed by atoms with van der Waals surface area (Å²) in [6.45, 7) is 0.224. The number of rotatable bonds is 4. The van der Waals surface area contributed by atoms with Crippen molar-refractivity contribution in [2.45, 2.75) is 0 Å². The van der Waals surface area contributed by atoms with E-state index in [9.17, 15) is 4.79 Å². The number of carbonyl (C=O) groups excluding carboxylic acids is 1. The van der Waals surface area contributed by atoms with Crippen molar-refractivity contribution < 1.29 is 4.79 Å². The molecule has 21 heavy (non-hydrogen) atoms. The molecule has 5 heteroatoms. The molecule has 2 rings (SSSR count). The van der Waals surface area contributed by atoms with E-state index in [4.69, 9.17) is 16.9 Å². The number of benzene rings is 2. The molecule has 0 radical (unpaired) electrons. The highest BCUT2D eigenvalue weighted by Crippen LogP contribution is 2.20. The van der Waals surface area contributed by atoms with Crippen LogP contribution < -0.4 is 10.2 Å². The molecule has 0 aliphatic carbocycles. The molecule has 106 valence electrons. The van der Waals surface area contributed by atoms with E-state index in [1.807, 2.05) is 48.3 Å². The molecule has 1 N–H and O–H groups in total. The third-order valence-corrected chi connectivity index (χ3v) is 3.26. The van der Waals surface area contributed by atoms with Crippen LogP contribution in [-0.4, -0.2) is 19.5 Å². The molecule has 0 atom stereocenters. The minimum atomic E-state index is -0.151. The number of nitriles is 1. The first kappa shape index (κ1) is 14.9. The van der Waals surface area contributed by atoms with E-state index in [1.54, 1.807) is 18.2 Å². The highest BCUT2D eigenvalue weighted by Gasteiger charge is 2.08. The maximum Gasteiger partial charge on any atom is 0.243 e. The molecule has 0 spiro atoms. The summed E-state index contributed by atoms with van der Waals surface area (Å²) in [5.74, 6) is -0.151. The monoisotopic (exact) mass is 299 g/mol. The summed E-state index contributed by atoms with van der Waals surface area (Å²) >= 11 is 5.93. The first-order valence-electron chi connectivity index (χ1n) is 6.36. The van der Waals surface area contributed by atoms with Gasteiger partial charge in [0.1, 0.15) is 6.07 Å². The number of carbonyl (C=O) groups is 1. The number of halogens is 1. The molecular formula is C16H14ClN3O. The summed E-state index contributed by atoms with van der Waals surface area (Å²) in [5, 5.41) is 11.9. The summed E-state index contributed by atoms with van der Waals surface area (Å²) < 4.78 is 0. The van der Waals surface area contributed by atoms with Gasteiger partial charge in [0.05, 0.1) is 17.1 Å². The standard InChI is InChI=1S/C16H14ClN3O/c1-20(14-5-3-2-4-6-14)11-16(21)19-13-8-7-12(10-18)15(17)9-13/h2-9H,11H2,1H3,(H,19,21). The Hall–Kier alpha value is -2.51. The van der Waals surface area contributed by atoms with Gasteiger partial charge >= 0.3 is 0 Å². The minimum Gasteiger partial charge on any atom is -0.365 e. The molecule has 0 heterocycles. The first-order chi connectivity index (χ1) is 10.1. The number of hydrogen-bond acceptors (Lipinski definition) is 3. The Balaban J connectivity index is 1.99. The van der Waals surface area contributed by atoms with Crippen molar-refractivity contribution in [1.29, 1.82) is 5.26 Å². The van der Waals surface area contributed by atoms with E-state index >= 15 is 0 Å². The molecule has 0 saturated carbocycles. The second kappa shape index (κ2) is 6.78. The average molecular weight is 300 g/mol. The quantitative estimate of drug-likeness (QED) is 0.942. The average Bonchev–Trinajstić information content (AvgIpc) is 2.48. The lowest BCUT2D eigenvalue weighted by molar-refractivity contribution is -0.114. The summed E-state index contributed by atoms with van der Waals surface area (Å²) in [5.41, 5.74) is 1.92. The van der Waals surface area contributed by atoms with Gasteiger partial charge in [0.2, 0.25) is 5.91 Å². The fraction of sp³-hybridized carbons (Fsp3) is 0.125. The highest BCUT2D eigenvalue weighted by molar-refractivity contribution is 6.32. The van der Waals surface area contributed by atoms with Crippen molar-refractivity contribution in [2.24, 2.45) is 0 Å². The summed E-state index contributed by atoms with van der Waals surface area (Å²) in [6.07, 6.45) is 0. The number of likely N-dealkylation sites (N-methyl/N-ethyl adjacent to an activating group) is 1. The lowest BCUT2D eigenvalue weighted by Gasteiger charge is -2.18. The van der Waals surface area contributed by atoms with Crippen LogP contribution in [0.2, 0.25) is 5.02 Å². The van der Waals surface area contributed by atoms with Crippen LogP contribution in [0.5, 0.6) is 0 Å². The molecule has 0 saturated heterocycles. The third kappa shape index (κ3) is 3.98. The number of anilines is 2. The van der Waals surface area contributed by atoms with Crippen LogP contribution in [0.3, 0.4) is 0 Å². The van der Waals surface area contributed by atoms with Crippen LogP contribution in [0.4, 0.5) is 11.4 Å². The van der Waals surface area contributed by atoms with Gasteiger partial charge in [-0.25, -0.2) is 0 Å². The lowest BCUT2D eigenvalue weighted by atomic mass is 10.2. The SMILES string of the molecule is CN(CC(=O)Nc1ccc(C#N)c(Cl)c1)c1ccccc1. The molecule has 4 nitrogen and oxygen atoms in total. The van der Waals surface area contributed by atoms with Gasteiger partial charge < -0.3 is 10.2 Å². The lowest BCUT2D eigenvalue weighted by Crippen LogP contribution is -2.29. The van der Waals surface area contributed by atoms with Crippen LogP contribution >= 0.6 is 11.6 Å². The van der Waals surface area contributed by atoms with Crippen LogP contribution in [0.1, 0.15) is 5.56 Å². The van der Waals surface area contributed by atoms with E-state index in [0.29, 0.717) is 16.3 Å². The normalized spacial score (nSPS) is 9.76. The van der Waals surface area contributed by atoms with Gasteiger partial charge in [-0.05, 0) is 30.3 Å². The van der Waals surface area contributed by atoms with E-state index in [1.165, 1.54) is 0 Å². The molecule has 2 aromatic rings. The van der Waals surface area contributed by atoms with Crippen molar-refractivity contribution in [2.75, 3.05) is 23.8 Å². The van der Waals surface area contributed by atoms with Crippen LogP contribution in [0.15, 0.2) is 48.5 Å². The molecule has 0 aromatic heterocycles. The molecule has 1 amide bonds. The van der Waals surface area contributed by atoms with Crippen LogP contribution in [-0.2, 0) is 4.79 Å². The minimum absolute atomic E-state index is 0.151. The maximum atomic E-state index is 12.0. The molecule has 0 fully saturated rings. The second-order valence-electron chi connectivity index (χ2n) is 4.55. The Labute approximate surface area is 128 Å². The molecule has 0 bridgehead atoms. The molecule has 0 aliphatic rings. The van der Waals surface area contributed by atoms with Crippen molar-refractivity contribution in [3.8, 4) is 6.07 Å². The predicted molar refractivity (Wildman–Crippen MR) is 84.5 cm³/mol. The highest BCUT2D eigenvalue weighted by atomic mass is 35.5. The number of amides is 1. The number of nitrogens with zero attached hydrogens (tertiary/aromatic N) is 2. The van der Waals surface area contributed by atoms with Crippen LogP contribution in [0, 0.1) is 11.3 Å². The topological polar surface area (TPSA) is 56.1 Å². The Morgan fingerprint density at radius 2 is 2.00 bits per heavy atom. The van der Waals surface area contributed by atoms with Gasteiger partial charge in [0, 0.05) is 18.4 Å². The summed E-state index contributed by atoms with van der Waals surface area (Å²) in [4.78, 5) is 13.8. The number of nitrogens with one attached hydrogen (secondary N) is 1. The molecule has 0 aliphatic heterocycles. The van der Waals surface area contributed by atoms with E-state index in [-0.39, 0.29) is 12.5 Å². The number of para-hydroxylation sites is 1. The van der Waals surface area contributed by atoms with Crippen molar-refractivity contribution >= 4 is 28.9 Å². The van der Waals surface area contributed by atoms with Gasteiger partial charge in [-0.2, -0.15) is 5.26 Å². The molecular weight excluding hydrogens is 286 g/mol. The molecule has 2 aromatic carbocycles. The van der Waals surface area contributed by atoms with Crippen LogP contribution in [0.25, 0.3) is 0 Å². The Bertz CT molecular complexity index is 680. The smallest absolute Gasteiger partial charge is 0.243 e. The van der Waals surface area contributed by atoms with Gasteiger partial charge in [-0.15, -0.1) is 0 Å². The maximum absolute atomic E-state index is 12.0. The summed E-state index contributed by atoms with van der Waals surface area (Å²) in [7, 11) is 1.85. The zero-order valence-electron chi connectivity index (χ0n) is 11.5. The van der Waals surface area contributed by atoms with Crippen molar-refractivity contribution in [3.05, 3.63) is 59.1 Å². The molecule has 0 unspecified atom stereocenters. The predicted octanol–water partition coefficient (Wildman–Crippen LogP) is 3.29. The van der Waals surface area contributed by atoms with Gasteiger partial charge in [-0.3, -0.25) is 4.79 Å². The Morgan fingerprint density at radius 3 is 2.62 bits per heavy atom. The number of hydrogen-bond donors (Lipinski definition) is 1. The van der Waals surface area contributed by atoms with Gasteiger partial charge in [0.25, 0.3) is 0 Å². The second-order valence-corrected chi connectivity index (χ2v) is 4.95. The zero-order valence-corrected chi connectivity index (χ0v) is 12.3. The Morgan fingerprint density at radius 1 is 1.29 bits per heavy atom. The van der Waals surface area contributed by atoms with Gasteiger partial charge in [0.15, 0.2) is 0 Å². The third-order valence-electron chi connectivity index (χ3n) is 2.95. The van der Waals surface area contributed by atoms with E-state index < -0.39 is 0 Å². The fourth-order valence-corrected chi connectivity index (χ4v) is 2.10.